The first kappa shape index (κ1) is 22.7. The van der Waals surface area contributed by atoms with E-state index in [0.29, 0.717) is 22.7 Å². The number of carbonyl (C=O) groups excluding carboxylic acids is 1. The summed E-state index contributed by atoms with van der Waals surface area (Å²) >= 11 is 0. The number of rotatable bonds is 6. The molecule has 1 N–H and O–H groups in total. The lowest BCUT2D eigenvalue weighted by Gasteiger charge is -2.13. The van der Waals surface area contributed by atoms with E-state index in [2.05, 4.69) is 20.4 Å². The number of nitrogens with zero attached hydrogens (tertiary/aromatic N) is 5. The van der Waals surface area contributed by atoms with Crippen LogP contribution in [0.5, 0.6) is 0 Å². The van der Waals surface area contributed by atoms with Crippen LogP contribution in [0.25, 0.3) is 21.9 Å². The summed E-state index contributed by atoms with van der Waals surface area (Å²) in [5.74, 6) is 0.757. The number of carbonyl (C=O) groups is 1. The molecule has 9 nitrogen and oxygen atoms in total. The zero-order valence-electron chi connectivity index (χ0n) is 20.0. The maximum atomic E-state index is 13.6. The number of aromatic nitrogens is 5. The predicted molar refractivity (Wildman–Crippen MR) is 126 cm³/mol. The number of fused-ring (bicyclic) bond motifs is 3. The van der Waals surface area contributed by atoms with Gasteiger partial charge in [0.15, 0.2) is 5.82 Å². The van der Waals surface area contributed by atoms with Crippen molar-refractivity contribution in [3.63, 3.8) is 0 Å². The van der Waals surface area contributed by atoms with Crippen LogP contribution < -0.4 is 10.9 Å². The molecule has 3 heterocycles. The van der Waals surface area contributed by atoms with Gasteiger partial charge in [-0.05, 0) is 32.4 Å². The van der Waals surface area contributed by atoms with Crippen molar-refractivity contribution in [1.29, 1.82) is 0 Å². The SMILES string of the molecule is CC[C@@H](C)NC(=O)Cn1c2ccc(C)cc2c2ncn(Cc3nc(C(C)(C)C)no3)c(=O)c21. The van der Waals surface area contributed by atoms with Gasteiger partial charge in [0.05, 0.1) is 11.8 Å². The molecule has 0 bridgehead atoms. The standard InChI is InChI=1S/C24H30N6O3/c1-7-15(3)26-18(31)11-30-17-9-8-14(2)10-16(17)20-21(30)22(32)29(13-25-20)12-19-27-23(28-33-19)24(4,5)6/h8-10,13,15H,7,11-12H2,1-6H3,(H,26,31)/t15-/m1/s1. The van der Waals surface area contributed by atoms with Gasteiger partial charge in [-0.2, -0.15) is 4.98 Å². The lowest BCUT2D eigenvalue weighted by Crippen LogP contribution is -2.35. The van der Waals surface area contributed by atoms with Gasteiger partial charge in [-0.1, -0.05) is 44.5 Å². The fourth-order valence-electron chi connectivity index (χ4n) is 3.73. The Morgan fingerprint density at radius 1 is 1.27 bits per heavy atom. The molecule has 174 valence electrons. The molecule has 4 aromatic rings. The Labute approximate surface area is 191 Å². The van der Waals surface area contributed by atoms with Gasteiger partial charge in [0, 0.05) is 16.8 Å². The summed E-state index contributed by atoms with van der Waals surface area (Å²) in [7, 11) is 0. The summed E-state index contributed by atoms with van der Waals surface area (Å²) in [6.45, 7) is 12.1. The molecule has 0 aliphatic heterocycles. The minimum Gasteiger partial charge on any atom is -0.352 e. The summed E-state index contributed by atoms with van der Waals surface area (Å²) < 4.78 is 8.56. The van der Waals surface area contributed by atoms with Crippen molar-refractivity contribution in [2.45, 2.75) is 72.5 Å². The van der Waals surface area contributed by atoms with Crippen LogP contribution in [-0.4, -0.2) is 36.2 Å². The van der Waals surface area contributed by atoms with E-state index >= 15 is 0 Å². The first-order chi connectivity index (χ1) is 15.6. The quantitative estimate of drug-likeness (QED) is 0.483. The number of amides is 1. The Hall–Kier alpha value is -3.49. The Kier molecular flexibility index (Phi) is 5.82. The third-order valence-electron chi connectivity index (χ3n) is 5.75. The minimum atomic E-state index is -0.263. The molecule has 9 heteroatoms. The largest absolute Gasteiger partial charge is 0.352 e. The van der Waals surface area contributed by atoms with Gasteiger partial charge in [0.25, 0.3) is 5.56 Å². The highest BCUT2D eigenvalue weighted by atomic mass is 16.5. The topological polar surface area (TPSA) is 108 Å². The van der Waals surface area contributed by atoms with E-state index in [-0.39, 0.29) is 36.0 Å². The van der Waals surface area contributed by atoms with Gasteiger partial charge in [-0.25, -0.2) is 4.98 Å². The first-order valence-corrected chi connectivity index (χ1v) is 11.2. The highest BCUT2D eigenvalue weighted by Crippen LogP contribution is 2.26. The van der Waals surface area contributed by atoms with Crippen LogP contribution in [0.15, 0.2) is 33.8 Å². The maximum absolute atomic E-state index is 13.6. The van der Waals surface area contributed by atoms with E-state index in [1.807, 2.05) is 59.7 Å². The molecular formula is C24H30N6O3. The molecule has 1 atom stereocenters. The van der Waals surface area contributed by atoms with Crippen LogP contribution in [0.3, 0.4) is 0 Å². The summed E-state index contributed by atoms with van der Waals surface area (Å²) in [6, 6.07) is 5.94. The van der Waals surface area contributed by atoms with Gasteiger partial charge in [-0.3, -0.25) is 14.2 Å². The molecule has 0 fully saturated rings. The Bertz CT molecular complexity index is 1390. The fourth-order valence-corrected chi connectivity index (χ4v) is 3.73. The van der Waals surface area contributed by atoms with Crippen LogP contribution in [0, 0.1) is 6.92 Å². The molecule has 0 radical (unpaired) electrons. The van der Waals surface area contributed by atoms with Gasteiger partial charge in [-0.15, -0.1) is 0 Å². The second-order valence-electron chi connectivity index (χ2n) is 9.62. The molecule has 1 aromatic carbocycles. The van der Waals surface area contributed by atoms with Crippen LogP contribution >= 0.6 is 0 Å². The number of nitrogens with one attached hydrogen (secondary N) is 1. The van der Waals surface area contributed by atoms with Crippen molar-refractivity contribution >= 4 is 27.8 Å². The van der Waals surface area contributed by atoms with E-state index in [0.717, 1.165) is 22.9 Å². The third-order valence-corrected chi connectivity index (χ3v) is 5.75. The molecule has 0 aliphatic rings. The molecule has 0 saturated heterocycles. The van der Waals surface area contributed by atoms with Gasteiger partial charge in [0.2, 0.25) is 11.8 Å². The number of hydrogen-bond acceptors (Lipinski definition) is 6. The molecular weight excluding hydrogens is 420 g/mol. The van der Waals surface area contributed by atoms with Gasteiger partial charge >= 0.3 is 0 Å². The van der Waals surface area contributed by atoms with E-state index in [9.17, 15) is 9.59 Å². The number of aryl methyl sites for hydroxylation is 1. The smallest absolute Gasteiger partial charge is 0.278 e. The van der Waals surface area contributed by atoms with E-state index < -0.39 is 0 Å². The van der Waals surface area contributed by atoms with Crippen LogP contribution in [0.4, 0.5) is 0 Å². The second-order valence-corrected chi connectivity index (χ2v) is 9.62. The summed E-state index contributed by atoms with van der Waals surface area (Å²) in [5, 5.41) is 7.86. The molecule has 0 aliphatic carbocycles. The molecule has 0 unspecified atom stereocenters. The molecule has 3 aromatic heterocycles. The zero-order valence-corrected chi connectivity index (χ0v) is 20.0. The van der Waals surface area contributed by atoms with E-state index in [4.69, 9.17) is 4.52 Å². The number of benzene rings is 1. The first-order valence-electron chi connectivity index (χ1n) is 11.2. The monoisotopic (exact) mass is 450 g/mol. The summed E-state index contributed by atoms with van der Waals surface area (Å²) in [4.78, 5) is 35.3. The molecule has 1 amide bonds. The minimum absolute atomic E-state index is 0.0308. The average molecular weight is 451 g/mol. The number of hydrogen-bond donors (Lipinski definition) is 1. The molecule has 0 saturated carbocycles. The lowest BCUT2D eigenvalue weighted by molar-refractivity contribution is -0.122. The van der Waals surface area contributed by atoms with Crippen LogP contribution in [0.2, 0.25) is 0 Å². The average Bonchev–Trinajstić information content (AvgIpc) is 3.33. The predicted octanol–water partition coefficient (Wildman–Crippen LogP) is 3.30. The maximum Gasteiger partial charge on any atom is 0.278 e. The fraction of sp³-hybridized carbons (Fsp3) is 0.458. The third kappa shape index (κ3) is 4.40. The molecule has 33 heavy (non-hydrogen) atoms. The Morgan fingerprint density at radius 3 is 2.70 bits per heavy atom. The highest BCUT2D eigenvalue weighted by Gasteiger charge is 2.23. The molecule has 0 spiro atoms. The van der Waals surface area contributed by atoms with Crippen molar-refractivity contribution in [2.24, 2.45) is 0 Å². The van der Waals surface area contributed by atoms with Crippen LogP contribution in [-0.2, 0) is 23.3 Å². The van der Waals surface area contributed by atoms with Crippen molar-refractivity contribution in [3.8, 4) is 0 Å². The zero-order chi connectivity index (χ0) is 23.9. The van der Waals surface area contributed by atoms with Crippen molar-refractivity contribution in [3.05, 3.63) is 52.2 Å². The van der Waals surface area contributed by atoms with Crippen molar-refractivity contribution < 1.29 is 9.32 Å². The lowest BCUT2D eigenvalue weighted by atomic mass is 9.96. The van der Waals surface area contributed by atoms with E-state index in [1.165, 1.54) is 10.9 Å². The highest BCUT2D eigenvalue weighted by molar-refractivity contribution is 6.06. The van der Waals surface area contributed by atoms with Gasteiger partial charge in [0.1, 0.15) is 24.1 Å². The summed E-state index contributed by atoms with van der Waals surface area (Å²) in [6.07, 6.45) is 2.32. The van der Waals surface area contributed by atoms with Gasteiger partial charge < -0.3 is 14.4 Å². The summed E-state index contributed by atoms with van der Waals surface area (Å²) in [5.41, 5.74) is 2.28. The Balaban J connectivity index is 1.82. The molecule has 4 rings (SSSR count). The second kappa shape index (κ2) is 8.46. The van der Waals surface area contributed by atoms with Crippen LogP contribution in [0.1, 0.15) is 58.3 Å². The Morgan fingerprint density at radius 2 is 2.03 bits per heavy atom. The van der Waals surface area contributed by atoms with E-state index in [1.54, 1.807) is 4.57 Å². The van der Waals surface area contributed by atoms with Crippen molar-refractivity contribution in [2.75, 3.05) is 0 Å². The normalized spacial score (nSPS) is 13.0. The van der Waals surface area contributed by atoms with Crippen molar-refractivity contribution in [1.82, 2.24) is 29.6 Å².